The van der Waals surface area contributed by atoms with Gasteiger partial charge in [-0.15, -0.1) is 0 Å². The molecule has 0 fully saturated rings. The molecule has 8 heteroatoms. The molecule has 7 nitrogen and oxygen atoms in total. The van der Waals surface area contributed by atoms with Gasteiger partial charge >= 0.3 is 5.97 Å². The van der Waals surface area contributed by atoms with Gasteiger partial charge in [-0.2, -0.15) is 5.10 Å². The number of benzene rings is 4. The molecule has 190 valence electrons. The highest BCUT2D eigenvalue weighted by molar-refractivity contribution is 6.38. The molecule has 0 aliphatic carbocycles. The summed E-state index contributed by atoms with van der Waals surface area (Å²) in [5.41, 5.74) is 8.27. The third-order valence-corrected chi connectivity index (χ3v) is 6.93. The predicted molar refractivity (Wildman–Crippen MR) is 152 cm³/mol. The minimum Gasteiger partial charge on any atom is -0.481 e. The Morgan fingerprint density at radius 1 is 0.897 bits per heavy atom. The van der Waals surface area contributed by atoms with Gasteiger partial charge in [-0.05, 0) is 58.2 Å². The second kappa shape index (κ2) is 10.0. The molecule has 4 aromatic carbocycles. The van der Waals surface area contributed by atoms with E-state index in [2.05, 4.69) is 15.4 Å². The summed E-state index contributed by atoms with van der Waals surface area (Å²) in [6.07, 6.45) is 4.92. The molecule has 0 spiro atoms. The molecule has 6 rings (SSSR count). The molecule has 0 atom stereocenters. The summed E-state index contributed by atoms with van der Waals surface area (Å²) < 4.78 is 1.71. The Balaban J connectivity index is 1.28. The van der Waals surface area contributed by atoms with Crippen LogP contribution in [0.5, 0.6) is 0 Å². The van der Waals surface area contributed by atoms with Crippen molar-refractivity contribution in [3.8, 4) is 27.9 Å². The van der Waals surface area contributed by atoms with E-state index < -0.39 is 5.97 Å². The van der Waals surface area contributed by atoms with Crippen LogP contribution in [-0.2, 0) is 16.0 Å². The summed E-state index contributed by atoms with van der Waals surface area (Å²) in [4.78, 5) is 27.7. The zero-order chi connectivity index (χ0) is 26.9. The van der Waals surface area contributed by atoms with E-state index in [9.17, 15) is 9.59 Å². The Morgan fingerprint density at radius 3 is 2.21 bits per heavy atom. The summed E-state index contributed by atoms with van der Waals surface area (Å²) in [6.45, 7) is 0. The van der Waals surface area contributed by atoms with Crippen molar-refractivity contribution in [3.63, 3.8) is 0 Å². The van der Waals surface area contributed by atoms with Gasteiger partial charge in [0.15, 0.2) is 0 Å². The molecule has 1 aliphatic heterocycles. The van der Waals surface area contributed by atoms with Crippen LogP contribution in [-0.4, -0.2) is 31.7 Å². The first-order valence-electron chi connectivity index (χ1n) is 12.2. The lowest BCUT2D eigenvalue weighted by molar-refractivity contribution is -0.136. The van der Waals surface area contributed by atoms with Crippen molar-refractivity contribution in [1.29, 1.82) is 0 Å². The van der Waals surface area contributed by atoms with Crippen LogP contribution in [0.4, 0.5) is 5.69 Å². The molecule has 0 bridgehead atoms. The maximum Gasteiger partial charge on any atom is 0.307 e. The second-order valence-corrected chi connectivity index (χ2v) is 9.57. The van der Waals surface area contributed by atoms with E-state index in [1.165, 1.54) is 6.33 Å². The van der Waals surface area contributed by atoms with Gasteiger partial charge in [-0.25, -0.2) is 9.67 Å². The van der Waals surface area contributed by atoms with Gasteiger partial charge < -0.3 is 10.4 Å². The number of carbonyl (C=O) groups is 2. The van der Waals surface area contributed by atoms with Crippen molar-refractivity contribution in [2.24, 2.45) is 0 Å². The number of aliphatic carboxylic acids is 1. The Kier molecular flexibility index (Phi) is 6.26. The number of hydrogen-bond donors (Lipinski definition) is 2. The lowest BCUT2D eigenvalue weighted by atomic mass is 9.96. The van der Waals surface area contributed by atoms with E-state index in [0.717, 1.165) is 39.1 Å². The number of halogens is 1. The maximum atomic E-state index is 12.8. The second-order valence-electron chi connectivity index (χ2n) is 9.17. The first-order chi connectivity index (χ1) is 18.9. The Morgan fingerprint density at radius 2 is 1.56 bits per heavy atom. The Hall–Kier alpha value is -5.01. The molecule has 39 heavy (non-hydrogen) atoms. The lowest BCUT2D eigenvalue weighted by Gasteiger charge is -2.10. The van der Waals surface area contributed by atoms with Crippen LogP contribution in [0.25, 0.3) is 39.6 Å². The van der Waals surface area contributed by atoms with E-state index in [1.807, 2.05) is 66.7 Å². The zero-order valence-electron chi connectivity index (χ0n) is 20.5. The van der Waals surface area contributed by atoms with Gasteiger partial charge in [0.2, 0.25) is 0 Å². The lowest BCUT2D eigenvalue weighted by Crippen LogP contribution is -2.03. The summed E-state index contributed by atoms with van der Waals surface area (Å²) in [5.74, 6) is -1.10. The fourth-order valence-corrected chi connectivity index (χ4v) is 4.91. The maximum absolute atomic E-state index is 12.8. The first-order valence-corrected chi connectivity index (χ1v) is 12.6. The van der Waals surface area contributed by atoms with Gasteiger partial charge in [0.1, 0.15) is 12.7 Å². The summed E-state index contributed by atoms with van der Waals surface area (Å²) in [5, 5.41) is 16.6. The predicted octanol–water partition coefficient (Wildman–Crippen LogP) is 6.37. The summed E-state index contributed by atoms with van der Waals surface area (Å²) in [6, 6.07) is 27.0. The molecule has 5 aromatic rings. The minimum atomic E-state index is -0.885. The molecule has 1 amide bonds. The van der Waals surface area contributed by atoms with Crippen LogP contribution in [0.1, 0.15) is 16.7 Å². The molecule has 2 N–H and O–H groups in total. The number of carbonyl (C=O) groups excluding carboxylic acids is 1. The van der Waals surface area contributed by atoms with Crippen LogP contribution in [0.3, 0.4) is 0 Å². The normalized spacial score (nSPS) is 13.4. The number of nitrogens with zero attached hydrogens (tertiary/aromatic N) is 3. The highest BCUT2D eigenvalue weighted by Crippen LogP contribution is 2.40. The van der Waals surface area contributed by atoms with Crippen molar-refractivity contribution in [2.45, 2.75) is 6.42 Å². The highest BCUT2D eigenvalue weighted by atomic mass is 35.5. The molecule has 0 radical (unpaired) electrons. The van der Waals surface area contributed by atoms with Gasteiger partial charge in [0.05, 0.1) is 22.8 Å². The molecule has 0 unspecified atom stereocenters. The zero-order valence-corrected chi connectivity index (χ0v) is 21.3. The fourth-order valence-electron chi connectivity index (χ4n) is 4.64. The average Bonchev–Trinajstić information content (AvgIpc) is 3.58. The molecule has 2 heterocycles. The average molecular weight is 533 g/mol. The number of carboxylic acids is 1. The van der Waals surface area contributed by atoms with Crippen LogP contribution in [0, 0.1) is 0 Å². The molecular weight excluding hydrogens is 512 g/mol. The van der Waals surface area contributed by atoms with Gasteiger partial charge in [0.25, 0.3) is 5.91 Å². The molecule has 1 aliphatic rings. The first kappa shape index (κ1) is 24.3. The Labute approximate surface area is 229 Å². The van der Waals surface area contributed by atoms with E-state index >= 15 is 0 Å². The van der Waals surface area contributed by atoms with E-state index in [1.54, 1.807) is 35.3 Å². The van der Waals surface area contributed by atoms with Crippen LogP contribution in [0.2, 0.25) is 5.02 Å². The van der Waals surface area contributed by atoms with Gasteiger partial charge in [-0.3, -0.25) is 9.59 Å². The summed E-state index contributed by atoms with van der Waals surface area (Å²) in [7, 11) is 0. The third-order valence-electron chi connectivity index (χ3n) is 6.62. The largest absolute Gasteiger partial charge is 0.481 e. The number of fused-ring (bicyclic) bond motifs is 1. The smallest absolute Gasteiger partial charge is 0.307 e. The van der Waals surface area contributed by atoms with Crippen molar-refractivity contribution < 1.29 is 14.7 Å². The highest BCUT2D eigenvalue weighted by Gasteiger charge is 2.26. The summed E-state index contributed by atoms with van der Waals surface area (Å²) >= 11 is 6.65. The number of carboxylic acid groups (broad SMARTS) is 1. The monoisotopic (exact) mass is 532 g/mol. The number of hydrogen-bond acceptors (Lipinski definition) is 4. The number of amides is 1. The minimum absolute atomic E-state index is 0.0465. The molecule has 0 saturated heterocycles. The number of anilines is 1. The SMILES string of the molecule is O=C(O)Cc1ccc(/C=C2\C(=O)Nc3cc(Cl)c(-c4ccc(-c5ccc(-n6cncn6)cc5)cc4)cc32)cc1. The topological polar surface area (TPSA) is 97.1 Å². The van der Waals surface area contributed by atoms with Crippen LogP contribution in [0.15, 0.2) is 97.6 Å². The van der Waals surface area contributed by atoms with E-state index in [-0.39, 0.29) is 12.3 Å². The molecule has 1 aromatic heterocycles. The number of nitrogens with one attached hydrogen (secondary N) is 1. The Bertz CT molecular complexity index is 1730. The van der Waals surface area contributed by atoms with Crippen LogP contribution < -0.4 is 5.32 Å². The van der Waals surface area contributed by atoms with Crippen molar-refractivity contribution in [1.82, 2.24) is 14.8 Å². The van der Waals surface area contributed by atoms with Crippen LogP contribution >= 0.6 is 11.6 Å². The molecular formula is C31H21ClN4O3. The van der Waals surface area contributed by atoms with Crippen molar-refractivity contribution >= 4 is 40.8 Å². The number of aromatic nitrogens is 3. The number of rotatable bonds is 6. The standard InChI is InChI=1S/C31H21ClN4O3/c32-28-16-29-26(27(31(39)35-29)13-19-1-3-20(4-2-19)14-30(37)38)15-25(28)23-7-5-21(6-8-23)22-9-11-24(12-10-22)36-18-33-17-34-36/h1-13,15-18H,14H2,(H,35,39)(H,37,38)/b27-13-. The quantitative estimate of drug-likeness (QED) is 0.247. The van der Waals surface area contributed by atoms with Gasteiger partial charge in [0, 0.05) is 16.7 Å². The van der Waals surface area contributed by atoms with Crippen molar-refractivity contribution in [2.75, 3.05) is 5.32 Å². The van der Waals surface area contributed by atoms with E-state index in [0.29, 0.717) is 21.8 Å². The van der Waals surface area contributed by atoms with E-state index in [4.69, 9.17) is 16.7 Å². The van der Waals surface area contributed by atoms with Crippen molar-refractivity contribution in [3.05, 3.63) is 119 Å². The fraction of sp³-hybridized carbons (Fsp3) is 0.0323. The molecule has 0 saturated carbocycles. The third kappa shape index (κ3) is 4.95. The van der Waals surface area contributed by atoms with Gasteiger partial charge in [-0.1, -0.05) is 72.3 Å².